The van der Waals surface area contributed by atoms with E-state index < -0.39 is 0 Å². The molecule has 0 aliphatic carbocycles. The van der Waals surface area contributed by atoms with Crippen LogP contribution in [0.2, 0.25) is 0 Å². The molecule has 0 heterocycles. The molecule has 0 aliphatic heterocycles. The van der Waals surface area contributed by atoms with Crippen molar-refractivity contribution < 1.29 is 5.21 Å². The minimum Gasteiger partial charge on any atom is -0.409 e. The van der Waals surface area contributed by atoms with E-state index in [1.807, 2.05) is 18.2 Å². The third-order valence-electron chi connectivity index (χ3n) is 3.68. The number of hydrogen-bond donors (Lipinski definition) is 2. The highest BCUT2D eigenvalue weighted by molar-refractivity contribution is 5.97. The van der Waals surface area contributed by atoms with Crippen LogP contribution >= 0.6 is 0 Å². The number of amidine groups is 1. The lowest BCUT2D eigenvalue weighted by Crippen LogP contribution is -2.38. The van der Waals surface area contributed by atoms with Crippen molar-refractivity contribution in [3.63, 3.8) is 0 Å². The van der Waals surface area contributed by atoms with Gasteiger partial charge in [-0.05, 0) is 31.0 Å². The fraction of sp³-hybridized carbons (Fsp3) is 0.533. The lowest BCUT2D eigenvalue weighted by Gasteiger charge is -2.35. The van der Waals surface area contributed by atoms with Gasteiger partial charge in [0.25, 0.3) is 0 Å². The first-order valence-electron chi connectivity index (χ1n) is 6.52. The third kappa shape index (κ3) is 4.24. The summed E-state index contributed by atoms with van der Waals surface area (Å²) in [6.07, 6.45) is 0. The number of nitrogens with two attached hydrogens (primary N) is 1. The van der Waals surface area contributed by atoms with Crippen LogP contribution in [0.3, 0.4) is 0 Å². The predicted octanol–water partition coefficient (Wildman–Crippen LogP) is 2.65. The van der Waals surface area contributed by atoms with E-state index in [1.54, 1.807) is 0 Å². The normalized spacial score (nSPS) is 14.7. The first kappa shape index (κ1) is 15.5. The van der Waals surface area contributed by atoms with Crippen molar-refractivity contribution >= 4 is 5.84 Å². The monoisotopic (exact) mass is 263 g/mol. The molecule has 1 aromatic rings. The van der Waals surface area contributed by atoms with Gasteiger partial charge in [-0.15, -0.1) is 0 Å². The smallest absolute Gasteiger partial charge is 0.170 e. The summed E-state index contributed by atoms with van der Waals surface area (Å²) in [4.78, 5) is 2.31. The van der Waals surface area contributed by atoms with Crippen LogP contribution in [0.25, 0.3) is 0 Å². The van der Waals surface area contributed by atoms with Crippen molar-refractivity contribution in [1.29, 1.82) is 0 Å². The van der Waals surface area contributed by atoms with E-state index in [-0.39, 0.29) is 11.3 Å². The molecule has 1 atom stereocenters. The summed E-state index contributed by atoms with van der Waals surface area (Å²) in [5.74, 6) is 0.147. The number of hydrogen-bond acceptors (Lipinski definition) is 3. The largest absolute Gasteiger partial charge is 0.409 e. The Morgan fingerprint density at radius 2 is 2.05 bits per heavy atom. The van der Waals surface area contributed by atoms with Crippen LogP contribution in [-0.2, 0) is 6.54 Å². The van der Waals surface area contributed by atoms with E-state index in [4.69, 9.17) is 10.9 Å². The van der Waals surface area contributed by atoms with E-state index in [1.165, 1.54) is 0 Å². The van der Waals surface area contributed by atoms with Crippen molar-refractivity contribution in [3.05, 3.63) is 35.4 Å². The fourth-order valence-corrected chi connectivity index (χ4v) is 1.97. The highest BCUT2D eigenvalue weighted by Crippen LogP contribution is 2.24. The SMILES string of the molecule is CC(N(C)Cc1cccc(C(N)=NO)c1)C(C)(C)C. The van der Waals surface area contributed by atoms with Gasteiger partial charge in [0.1, 0.15) is 0 Å². The van der Waals surface area contributed by atoms with Gasteiger partial charge >= 0.3 is 0 Å². The van der Waals surface area contributed by atoms with E-state index in [0.717, 1.165) is 17.7 Å². The van der Waals surface area contributed by atoms with Crippen molar-refractivity contribution in [2.75, 3.05) is 7.05 Å². The second-order valence-electron chi connectivity index (χ2n) is 6.14. The molecular weight excluding hydrogens is 238 g/mol. The molecular formula is C15H25N3O. The van der Waals surface area contributed by atoms with Crippen LogP contribution in [0, 0.1) is 5.41 Å². The summed E-state index contributed by atoms with van der Waals surface area (Å²) < 4.78 is 0. The molecule has 1 rings (SSSR count). The summed E-state index contributed by atoms with van der Waals surface area (Å²) >= 11 is 0. The van der Waals surface area contributed by atoms with Crippen molar-refractivity contribution in [3.8, 4) is 0 Å². The van der Waals surface area contributed by atoms with Crippen LogP contribution in [0.1, 0.15) is 38.8 Å². The summed E-state index contributed by atoms with van der Waals surface area (Å²) in [6.45, 7) is 9.78. The molecule has 0 radical (unpaired) electrons. The minimum atomic E-state index is 0.147. The van der Waals surface area contributed by atoms with Gasteiger partial charge in [0.2, 0.25) is 0 Å². The zero-order valence-corrected chi connectivity index (χ0v) is 12.5. The molecule has 0 fully saturated rings. The summed E-state index contributed by atoms with van der Waals surface area (Å²) in [6, 6.07) is 8.24. The Kier molecular flexibility index (Phi) is 4.95. The Morgan fingerprint density at radius 1 is 1.42 bits per heavy atom. The third-order valence-corrected chi connectivity index (χ3v) is 3.68. The topological polar surface area (TPSA) is 61.8 Å². The maximum Gasteiger partial charge on any atom is 0.170 e. The van der Waals surface area contributed by atoms with Crippen LogP contribution in [-0.4, -0.2) is 29.0 Å². The Morgan fingerprint density at radius 3 is 2.58 bits per heavy atom. The minimum absolute atomic E-state index is 0.147. The molecule has 0 amide bonds. The lowest BCUT2D eigenvalue weighted by molar-refractivity contribution is 0.134. The number of nitrogens with zero attached hydrogens (tertiary/aromatic N) is 2. The van der Waals surface area contributed by atoms with E-state index in [9.17, 15) is 0 Å². The van der Waals surface area contributed by atoms with Crippen LogP contribution in [0.15, 0.2) is 29.4 Å². The molecule has 4 heteroatoms. The van der Waals surface area contributed by atoms with Gasteiger partial charge in [-0.3, -0.25) is 4.90 Å². The molecule has 0 spiro atoms. The highest BCUT2D eigenvalue weighted by Gasteiger charge is 2.23. The average molecular weight is 263 g/mol. The van der Waals surface area contributed by atoms with Crippen LogP contribution in [0.5, 0.6) is 0 Å². The van der Waals surface area contributed by atoms with E-state index in [0.29, 0.717) is 6.04 Å². The highest BCUT2D eigenvalue weighted by atomic mass is 16.4. The van der Waals surface area contributed by atoms with Gasteiger partial charge in [0, 0.05) is 18.2 Å². The molecule has 1 unspecified atom stereocenters. The molecule has 4 nitrogen and oxygen atoms in total. The quantitative estimate of drug-likeness (QED) is 0.380. The summed E-state index contributed by atoms with van der Waals surface area (Å²) in [5, 5.41) is 11.7. The standard InChI is InChI=1S/C15H25N3O/c1-11(15(2,3)4)18(5)10-12-7-6-8-13(9-12)14(16)17-19/h6-9,11,19H,10H2,1-5H3,(H2,16,17). The predicted molar refractivity (Wildman–Crippen MR) is 79.3 cm³/mol. The van der Waals surface area contributed by atoms with E-state index >= 15 is 0 Å². The van der Waals surface area contributed by atoms with Crippen molar-refractivity contribution in [2.24, 2.45) is 16.3 Å². The molecule has 1 aromatic carbocycles. The maximum absolute atomic E-state index is 8.71. The molecule has 106 valence electrons. The zero-order valence-electron chi connectivity index (χ0n) is 12.5. The van der Waals surface area contributed by atoms with Gasteiger partial charge in [-0.1, -0.05) is 44.1 Å². The van der Waals surface area contributed by atoms with Crippen LogP contribution < -0.4 is 5.73 Å². The number of rotatable bonds is 4. The fourth-order valence-electron chi connectivity index (χ4n) is 1.97. The first-order valence-corrected chi connectivity index (χ1v) is 6.52. The van der Waals surface area contributed by atoms with Gasteiger partial charge in [0.05, 0.1) is 0 Å². The Labute approximate surface area is 115 Å². The summed E-state index contributed by atoms with van der Waals surface area (Å²) in [7, 11) is 2.12. The molecule has 0 bridgehead atoms. The Balaban J connectivity index is 2.83. The molecule has 0 aliphatic rings. The van der Waals surface area contributed by atoms with Crippen LogP contribution in [0.4, 0.5) is 0 Å². The number of benzene rings is 1. The second kappa shape index (κ2) is 6.06. The summed E-state index contributed by atoms with van der Waals surface area (Å²) in [5.41, 5.74) is 7.75. The lowest BCUT2D eigenvalue weighted by atomic mass is 9.87. The van der Waals surface area contributed by atoms with Crippen molar-refractivity contribution in [2.45, 2.75) is 40.3 Å². The molecule has 0 aromatic heterocycles. The van der Waals surface area contributed by atoms with Gasteiger partial charge in [-0.25, -0.2) is 0 Å². The van der Waals surface area contributed by atoms with Gasteiger partial charge < -0.3 is 10.9 Å². The molecule has 19 heavy (non-hydrogen) atoms. The number of oxime groups is 1. The van der Waals surface area contributed by atoms with Crippen molar-refractivity contribution in [1.82, 2.24) is 4.90 Å². The molecule has 3 N–H and O–H groups in total. The Bertz CT molecular complexity index is 449. The average Bonchev–Trinajstić information content (AvgIpc) is 2.36. The maximum atomic E-state index is 8.71. The second-order valence-corrected chi connectivity index (χ2v) is 6.14. The zero-order chi connectivity index (χ0) is 14.6. The molecule has 0 saturated carbocycles. The van der Waals surface area contributed by atoms with Gasteiger partial charge in [0.15, 0.2) is 5.84 Å². The van der Waals surface area contributed by atoms with Gasteiger partial charge in [-0.2, -0.15) is 0 Å². The first-order chi connectivity index (χ1) is 8.75. The molecule has 0 saturated heterocycles. The van der Waals surface area contributed by atoms with E-state index in [2.05, 4.69) is 50.9 Å². The Hall–Kier alpha value is -1.55.